The third-order valence-corrected chi connectivity index (χ3v) is 3.46. The second kappa shape index (κ2) is 5.35. The Kier molecular flexibility index (Phi) is 3.83. The summed E-state index contributed by atoms with van der Waals surface area (Å²) in [6.45, 7) is 5.73. The van der Waals surface area contributed by atoms with E-state index >= 15 is 0 Å². The van der Waals surface area contributed by atoms with Crippen molar-refractivity contribution in [2.24, 2.45) is 5.92 Å². The number of piperidine rings is 1. The third-order valence-electron chi connectivity index (χ3n) is 3.46. The molecule has 2 nitrogen and oxygen atoms in total. The quantitative estimate of drug-likeness (QED) is 0.838. The Morgan fingerprint density at radius 1 is 1.38 bits per heavy atom. The summed E-state index contributed by atoms with van der Waals surface area (Å²) in [5.74, 6) is 0.804. The molecular weight excluding hydrogens is 196 g/mol. The molecule has 1 atom stereocenters. The van der Waals surface area contributed by atoms with Gasteiger partial charge < -0.3 is 10.2 Å². The summed E-state index contributed by atoms with van der Waals surface area (Å²) in [6, 6.07) is 8.63. The molecule has 88 valence electrons. The van der Waals surface area contributed by atoms with E-state index in [9.17, 15) is 0 Å². The fourth-order valence-corrected chi connectivity index (χ4v) is 2.56. The van der Waals surface area contributed by atoms with Crippen molar-refractivity contribution in [3.8, 4) is 0 Å². The first kappa shape index (κ1) is 11.5. The summed E-state index contributed by atoms with van der Waals surface area (Å²) in [5, 5.41) is 3.48. The molecule has 1 aliphatic rings. The topological polar surface area (TPSA) is 15.3 Å². The molecule has 1 fully saturated rings. The molecule has 1 heterocycles. The van der Waals surface area contributed by atoms with E-state index in [2.05, 4.69) is 48.5 Å². The van der Waals surface area contributed by atoms with Crippen LogP contribution < -0.4 is 10.2 Å². The van der Waals surface area contributed by atoms with E-state index in [4.69, 9.17) is 0 Å². The van der Waals surface area contributed by atoms with Gasteiger partial charge in [0.1, 0.15) is 0 Å². The van der Waals surface area contributed by atoms with Crippen molar-refractivity contribution < 1.29 is 0 Å². The molecule has 0 spiro atoms. The third kappa shape index (κ3) is 2.76. The van der Waals surface area contributed by atoms with Crippen LogP contribution in [-0.4, -0.2) is 26.7 Å². The van der Waals surface area contributed by atoms with Crippen molar-refractivity contribution in [2.75, 3.05) is 31.6 Å². The largest absolute Gasteiger partial charge is 0.374 e. The van der Waals surface area contributed by atoms with E-state index in [1.54, 1.807) is 0 Å². The van der Waals surface area contributed by atoms with E-state index in [-0.39, 0.29) is 0 Å². The fraction of sp³-hybridized carbons (Fsp3) is 0.571. The predicted molar refractivity (Wildman–Crippen MR) is 70.0 cm³/mol. The van der Waals surface area contributed by atoms with Crippen LogP contribution in [0.3, 0.4) is 0 Å². The highest BCUT2D eigenvalue weighted by Gasteiger charge is 2.15. The zero-order chi connectivity index (χ0) is 11.4. The van der Waals surface area contributed by atoms with Crippen molar-refractivity contribution in [2.45, 2.75) is 19.8 Å². The molecule has 1 aromatic carbocycles. The van der Waals surface area contributed by atoms with Crippen LogP contribution in [0.1, 0.15) is 18.4 Å². The van der Waals surface area contributed by atoms with Gasteiger partial charge in [0.05, 0.1) is 0 Å². The van der Waals surface area contributed by atoms with Crippen molar-refractivity contribution in [1.82, 2.24) is 5.32 Å². The summed E-state index contributed by atoms with van der Waals surface area (Å²) in [5.41, 5.74) is 2.74. The molecule has 2 rings (SSSR count). The highest BCUT2D eigenvalue weighted by Crippen LogP contribution is 2.20. The standard InChI is InChI=1S/C14H22N2/c1-12-6-3-4-8-14(12)16(2)11-13-7-5-9-15-10-13/h3-4,6,8,13,15H,5,7,9-11H2,1-2H3. The van der Waals surface area contributed by atoms with Crippen LogP contribution in [0.5, 0.6) is 0 Å². The molecule has 0 aromatic heterocycles. The summed E-state index contributed by atoms with van der Waals surface area (Å²) < 4.78 is 0. The smallest absolute Gasteiger partial charge is 0.0393 e. The molecule has 0 aliphatic carbocycles. The molecule has 0 amide bonds. The van der Waals surface area contributed by atoms with Gasteiger partial charge in [-0.1, -0.05) is 18.2 Å². The lowest BCUT2D eigenvalue weighted by atomic mass is 9.99. The van der Waals surface area contributed by atoms with Crippen molar-refractivity contribution >= 4 is 5.69 Å². The van der Waals surface area contributed by atoms with Crippen molar-refractivity contribution in [3.05, 3.63) is 29.8 Å². The van der Waals surface area contributed by atoms with Gasteiger partial charge in [0.15, 0.2) is 0 Å². The van der Waals surface area contributed by atoms with E-state index in [0.717, 1.165) is 12.5 Å². The summed E-state index contributed by atoms with van der Waals surface area (Å²) in [7, 11) is 2.21. The Balaban J connectivity index is 1.96. The Morgan fingerprint density at radius 3 is 2.88 bits per heavy atom. The predicted octanol–water partition coefficient (Wildman–Crippen LogP) is 2.43. The highest BCUT2D eigenvalue weighted by atomic mass is 15.1. The van der Waals surface area contributed by atoms with Gasteiger partial charge in [0, 0.05) is 19.3 Å². The second-order valence-electron chi connectivity index (χ2n) is 4.88. The molecule has 1 saturated heterocycles. The van der Waals surface area contributed by atoms with Crippen LogP contribution in [0, 0.1) is 12.8 Å². The SMILES string of the molecule is Cc1ccccc1N(C)CC1CCCNC1. The fourth-order valence-electron chi connectivity index (χ4n) is 2.56. The first-order valence-corrected chi connectivity index (χ1v) is 6.25. The zero-order valence-corrected chi connectivity index (χ0v) is 10.4. The van der Waals surface area contributed by atoms with Gasteiger partial charge in [-0.15, -0.1) is 0 Å². The Labute approximate surface area is 98.7 Å². The number of benzene rings is 1. The number of nitrogens with zero attached hydrogens (tertiary/aromatic N) is 1. The molecule has 16 heavy (non-hydrogen) atoms. The molecule has 2 heteroatoms. The minimum atomic E-state index is 0.804. The van der Waals surface area contributed by atoms with Crippen LogP contribution in [0.2, 0.25) is 0 Å². The summed E-state index contributed by atoms with van der Waals surface area (Å²) in [4.78, 5) is 2.40. The van der Waals surface area contributed by atoms with Gasteiger partial charge >= 0.3 is 0 Å². The number of para-hydroxylation sites is 1. The summed E-state index contributed by atoms with van der Waals surface area (Å²) in [6.07, 6.45) is 2.69. The first-order valence-electron chi connectivity index (χ1n) is 6.25. The number of hydrogen-bond donors (Lipinski definition) is 1. The van der Waals surface area contributed by atoms with Crippen LogP contribution in [0.4, 0.5) is 5.69 Å². The molecule has 1 unspecified atom stereocenters. The average Bonchev–Trinajstić information content (AvgIpc) is 2.31. The maximum Gasteiger partial charge on any atom is 0.0393 e. The van der Waals surface area contributed by atoms with Gasteiger partial charge in [-0.05, 0) is 50.4 Å². The van der Waals surface area contributed by atoms with E-state index < -0.39 is 0 Å². The normalized spacial score (nSPS) is 20.8. The lowest BCUT2D eigenvalue weighted by Gasteiger charge is -2.29. The van der Waals surface area contributed by atoms with Crippen molar-refractivity contribution in [3.63, 3.8) is 0 Å². The van der Waals surface area contributed by atoms with Gasteiger partial charge in [-0.25, -0.2) is 0 Å². The van der Waals surface area contributed by atoms with Gasteiger partial charge in [-0.3, -0.25) is 0 Å². The molecular formula is C14H22N2. The molecule has 0 bridgehead atoms. The Morgan fingerprint density at radius 2 is 2.19 bits per heavy atom. The minimum absolute atomic E-state index is 0.804. The lowest BCUT2D eigenvalue weighted by molar-refractivity contribution is 0.381. The molecule has 0 saturated carbocycles. The summed E-state index contributed by atoms with van der Waals surface area (Å²) >= 11 is 0. The molecule has 1 aliphatic heterocycles. The zero-order valence-electron chi connectivity index (χ0n) is 10.4. The monoisotopic (exact) mass is 218 g/mol. The number of nitrogens with one attached hydrogen (secondary N) is 1. The maximum atomic E-state index is 3.48. The molecule has 0 radical (unpaired) electrons. The first-order chi connectivity index (χ1) is 7.77. The van der Waals surface area contributed by atoms with Gasteiger partial charge in [0.2, 0.25) is 0 Å². The van der Waals surface area contributed by atoms with E-state index in [1.165, 1.54) is 37.2 Å². The van der Waals surface area contributed by atoms with Crippen molar-refractivity contribution in [1.29, 1.82) is 0 Å². The number of anilines is 1. The van der Waals surface area contributed by atoms with E-state index in [0.29, 0.717) is 0 Å². The van der Waals surface area contributed by atoms with Crippen LogP contribution >= 0.6 is 0 Å². The van der Waals surface area contributed by atoms with Crippen LogP contribution in [0.15, 0.2) is 24.3 Å². The Hall–Kier alpha value is -1.02. The van der Waals surface area contributed by atoms with Gasteiger partial charge in [-0.2, -0.15) is 0 Å². The van der Waals surface area contributed by atoms with Crippen LogP contribution in [0.25, 0.3) is 0 Å². The Bertz CT molecular complexity index is 329. The maximum absolute atomic E-state index is 3.48. The molecule has 1 aromatic rings. The number of aryl methyl sites for hydroxylation is 1. The highest BCUT2D eigenvalue weighted by molar-refractivity contribution is 5.52. The number of rotatable bonds is 3. The average molecular weight is 218 g/mol. The second-order valence-corrected chi connectivity index (χ2v) is 4.88. The molecule has 1 N–H and O–H groups in total. The van der Waals surface area contributed by atoms with Gasteiger partial charge in [0.25, 0.3) is 0 Å². The number of hydrogen-bond acceptors (Lipinski definition) is 2. The van der Waals surface area contributed by atoms with E-state index in [1.807, 2.05) is 0 Å². The van der Waals surface area contributed by atoms with Crippen LogP contribution in [-0.2, 0) is 0 Å². The minimum Gasteiger partial charge on any atom is -0.374 e. The lowest BCUT2D eigenvalue weighted by Crippen LogP contribution is -2.37.